The Kier molecular flexibility index (Phi) is 11.4. The van der Waals surface area contributed by atoms with Gasteiger partial charge in [-0.15, -0.1) is 0 Å². The molecule has 2 aromatic carbocycles. The molecule has 0 bridgehead atoms. The van der Waals surface area contributed by atoms with E-state index < -0.39 is 25.1 Å². The largest absolute Gasteiger partial charge is 0.469 e. The zero-order valence-corrected chi connectivity index (χ0v) is 30.0. The van der Waals surface area contributed by atoms with Crippen LogP contribution in [-0.2, 0) is 46.1 Å². The minimum Gasteiger partial charge on any atom is -0.469 e. The van der Waals surface area contributed by atoms with Crippen LogP contribution in [0.2, 0.25) is 18.1 Å². The number of carbonyl (C=O) groups excluding carboxylic acids is 1. The molecule has 45 heavy (non-hydrogen) atoms. The maximum Gasteiger partial charge on any atom is 0.305 e. The minimum absolute atomic E-state index is 0.0193. The second-order valence-corrected chi connectivity index (χ2v) is 19.9. The number of benzene rings is 2. The molecule has 2 aliphatic rings. The van der Waals surface area contributed by atoms with E-state index in [0.29, 0.717) is 45.5 Å². The summed E-state index contributed by atoms with van der Waals surface area (Å²) >= 11 is 0. The summed E-state index contributed by atoms with van der Waals surface area (Å²) in [5.41, 5.74) is 0.330. The number of ether oxygens (including phenoxy) is 5. The van der Waals surface area contributed by atoms with E-state index in [4.69, 9.17) is 28.1 Å². The third kappa shape index (κ3) is 8.85. The van der Waals surface area contributed by atoms with Crippen molar-refractivity contribution in [3.63, 3.8) is 0 Å². The summed E-state index contributed by atoms with van der Waals surface area (Å²) in [5, 5.41) is 0.0193. The molecular formula is C37H56O7Si. The van der Waals surface area contributed by atoms with Crippen molar-refractivity contribution in [2.24, 2.45) is 0 Å². The van der Waals surface area contributed by atoms with Gasteiger partial charge in [-0.2, -0.15) is 0 Å². The maximum atomic E-state index is 12.3. The van der Waals surface area contributed by atoms with E-state index in [1.54, 1.807) is 0 Å². The maximum absolute atomic E-state index is 12.3. The summed E-state index contributed by atoms with van der Waals surface area (Å²) < 4.78 is 39.2. The number of esters is 1. The highest BCUT2D eigenvalue weighted by Crippen LogP contribution is 2.51. The first-order valence-electron chi connectivity index (χ1n) is 16.5. The SMILES string of the molecule is COC(=O)CC[C@@]1(C)O[C@@]2(C)C[C@@H](OCc3ccccc3)[C@](C)(CCOCc3ccccc3)O[C@@H]2C[C@@H]1O[Si](C)(C)C(C)(C)C. The third-order valence-electron chi connectivity index (χ3n) is 10.4. The van der Waals surface area contributed by atoms with E-state index in [1.165, 1.54) is 7.11 Å². The van der Waals surface area contributed by atoms with Gasteiger partial charge in [0.2, 0.25) is 0 Å². The van der Waals surface area contributed by atoms with Crippen LogP contribution in [-0.4, -0.2) is 63.1 Å². The molecule has 0 unspecified atom stereocenters. The van der Waals surface area contributed by atoms with Gasteiger partial charge in [-0.05, 0) is 56.5 Å². The Labute approximate surface area is 272 Å². The first kappa shape index (κ1) is 35.8. The summed E-state index contributed by atoms with van der Waals surface area (Å²) in [4.78, 5) is 12.3. The molecule has 0 radical (unpaired) electrons. The van der Waals surface area contributed by atoms with Crippen LogP contribution in [0.1, 0.15) is 84.8 Å². The molecule has 8 heteroatoms. The van der Waals surface area contributed by atoms with E-state index in [-0.39, 0.29) is 35.7 Å². The predicted molar refractivity (Wildman–Crippen MR) is 179 cm³/mol. The smallest absolute Gasteiger partial charge is 0.305 e. The Hall–Kier alpha value is -2.07. The Bertz CT molecular complexity index is 1230. The third-order valence-corrected chi connectivity index (χ3v) is 14.9. The first-order valence-corrected chi connectivity index (χ1v) is 19.4. The van der Waals surface area contributed by atoms with Crippen LogP contribution in [0.25, 0.3) is 0 Å². The molecule has 0 amide bonds. The quantitative estimate of drug-likeness (QED) is 0.125. The van der Waals surface area contributed by atoms with Crippen molar-refractivity contribution < 1.29 is 32.9 Å². The Balaban J connectivity index is 1.59. The average Bonchev–Trinajstić information content (AvgIpc) is 2.99. The summed E-state index contributed by atoms with van der Waals surface area (Å²) in [6, 6.07) is 20.5. The number of carbonyl (C=O) groups is 1. The molecule has 2 fully saturated rings. The molecule has 0 N–H and O–H groups in total. The highest BCUT2D eigenvalue weighted by atomic mass is 28.4. The van der Waals surface area contributed by atoms with E-state index in [2.05, 4.69) is 78.9 Å². The van der Waals surface area contributed by atoms with Crippen LogP contribution >= 0.6 is 0 Å². The van der Waals surface area contributed by atoms with Gasteiger partial charge in [0.05, 0.1) is 55.4 Å². The van der Waals surface area contributed by atoms with Crippen molar-refractivity contribution in [1.29, 1.82) is 0 Å². The van der Waals surface area contributed by atoms with Gasteiger partial charge in [0.1, 0.15) is 0 Å². The molecular weight excluding hydrogens is 584 g/mol. The standard InChI is InChI=1S/C37H56O7Si/c1-34(2,3)45(8,9)43-31-24-30-37(6,44-36(31,5)21-20-33(38)39-7)25-32(41-27-29-18-14-11-15-19-29)35(4,42-30)22-23-40-26-28-16-12-10-13-17-28/h10-19,30-32H,20-27H2,1-9H3/t30-,31+,32-,35+,36-,37+/m1/s1. The monoisotopic (exact) mass is 640 g/mol. The lowest BCUT2D eigenvalue weighted by molar-refractivity contribution is -0.338. The molecule has 2 saturated heterocycles. The molecule has 6 atom stereocenters. The number of rotatable bonds is 13. The lowest BCUT2D eigenvalue weighted by Gasteiger charge is -2.60. The average molecular weight is 641 g/mol. The van der Waals surface area contributed by atoms with Gasteiger partial charge in [0.15, 0.2) is 8.32 Å². The van der Waals surface area contributed by atoms with Crippen molar-refractivity contribution >= 4 is 14.3 Å². The van der Waals surface area contributed by atoms with Gasteiger partial charge in [-0.1, -0.05) is 81.4 Å². The highest BCUT2D eigenvalue weighted by molar-refractivity contribution is 6.74. The van der Waals surface area contributed by atoms with Gasteiger partial charge in [0, 0.05) is 32.3 Å². The van der Waals surface area contributed by atoms with Crippen molar-refractivity contribution in [2.45, 2.75) is 140 Å². The molecule has 2 heterocycles. The van der Waals surface area contributed by atoms with Crippen LogP contribution in [0, 0.1) is 0 Å². The van der Waals surface area contributed by atoms with E-state index in [1.807, 2.05) is 36.4 Å². The summed E-state index contributed by atoms with van der Waals surface area (Å²) in [5.74, 6) is -0.245. The van der Waals surface area contributed by atoms with Crippen LogP contribution in [0.15, 0.2) is 60.7 Å². The first-order chi connectivity index (χ1) is 21.1. The van der Waals surface area contributed by atoms with Crippen LogP contribution < -0.4 is 0 Å². The zero-order chi connectivity index (χ0) is 32.9. The van der Waals surface area contributed by atoms with Gasteiger partial charge < -0.3 is 28.1 Å². The Morgan fingerprint density at radius 3 is 2.07 bits per heavy atom. The zero-order valence-electron chi connectivity index (χ0n) is 29.0. The van der Waals surface area contributed by atoms with Crippen molar-refractivity contribution in [1.82, 2.24) is 0 Å². The van der Waals surface area contributed by atoms with E-state index in [9.17, 15) is 4.79 Å². The lowest BCUT2D eigenvalue weighted by Crippen LogP contribution is -2.70. The van der Waals surface area contributed by atoms with Crippen molar-refractivity contribution in [3.05, 3.63) is 71.8 Å². The van der Waals surface area contributed by atoms with Crippen molar-refractivity contribution in [2.75, 3.05) is 13.7 Å². The number of methoxy groups -OCH3 is 1. The summed E-state index contributed by atoms with van der Waals surface area (Å²) in [7, 11) is -0.749. The summed E-state index contributed by atoms with van der Waals surface area (Å²) in [6.45, 7) is 19.2. The van der Waals surface area contributed by atoms with Gasteiger partial charge >= 0.3 is 5.97 Å². The molecule has 2 aliphatic heterocycles. The van der Waals surface area contributed by atoms with Gasteiger partial charge in [-0.3, -0.25) is 4.79 Å². The van der Waals surface area contributed by atoms with Gasteiger partial charge in [-0.25, -0.2) is 0 Å². The molecule has 0 saturated carbocycles. The second kappa shape index (κ2) is 14.4. The fourth-order valence-corrected chi connectivity index (χ4v) is 7.73. The molecule has 4 rings (SSSR count). The number of hydrogen-bond acceptors (Lipinski definition) is 7. The Morgan fingerprint density at radius 1 is 0.889 bits per heavy atom. The number of fused-ring (bicyclic) bond motifs is 1. The Morgan fingerprint density at radius 2 is 1.49 bits per heavy atom. The van der Waals surface area contributed by atoms with Crippen LogP contribution in [0.5, 0.6) is 0 Å². The van der Waals surface area contributed by atoms with Crippen LogP contribution in [0.4, 0.5) is 0 Å². The van der Waals surface area contributed by atoms with Gasteiger partial charge in [0.25, 0.3) is 0 Å². The predicted octanol–water partition coefficient (Wildman–Crippen LogP) is 8.01. The van der Waals surface area contributed by atoms with E-state index in [0.717, 1.165) is 11.1 Å². The normalized spacial score (nSPS) is 30.5. The number of hydrogen-bond donors (Lipinski definition) is 0. The second-order valence-electron chi connectivity index (χ2n) is 15.1. The van der Waals surface area contributed by atoms with Crippen LogP contribution in [0.3, 0.4) is 0 Å². The van der Waals surface area contributed by atoms with E-state index >= 15 is 0 Å². The molecule has 0 spiro atoms. The topological polar surface area (TPSA) is 72.5 Å². The fraction of sp³-hybridized carbons (Fsp3) is 0.649. The molecule has 250 valence electrons. The minimum atomic E-state index is -2.18. The highest BCUT2D eigenvalue weighted by Gasteiger charge is 2.61. The molecule has 7 nitrogen and oxygen atoms in total. The fourth-order valence-electron chi connectivity index (χ4n) is 6.32. The molecule has 0 aromatic heterocycles. The molecule has 2 aromatic rings. The molecule has 0 aliphatic carbocycles. The summed E-state index contributed by atoms with van der Waals surface area (Å²) in [6.07, 6.45) is 2.09. The lowest BCUT2D eigenvalue weighted by atomic mass is 9.73. The van der Waals surface area contributed by atoms with Crippen molar-refractivity contribution in [3.8, 4) is 0 Å².